The van der Waals surface area contributed by atoms with Crippen molar-refractivity contribution in [1.82, 2.24) is 15.0 Å². The van der Waals surface area contributed by atoms with Crippen LogP contribution in [0.25, 0.3) is 11.4 Å². The van der Waals surface area contributed by atoms with Crippen LogP contribution in [0.4, 0.5) is 4.79 Å². The van der Waals surface area contributed by atoms with E-state index in [4.69, 9.17) is 9.63 Å². The van der Waals surface area contributed by atoms with E-state index < -0.39 is 6.09 Å². The zero-order chi connectivity index (χ0) is 13.8. The summed E-state index contributed by atoms with van der Waals surface area (Å²) in [5.41, 5.74) is 0.872. The van der Waals surface area contributed by atoms with Gasteiger partial charge in [0, 0.05) is 25.1 Å². The van der Waals surface area contributed by atoms with Crippen LogP contribution in [0, 0.1) is 0 Å². The quantitative estimate of drug-likeness (QED) is 0.913. The number of carboxylic acid groups (broad SMARTS) is 1. The summed E-state index contributed by atoms with van der Waals surface area (Å²) in [4.78, 5) is 16.3. The van der Waals surface area contributed by atoms with Crippen LogP contribution >= 0.6 is 0 Å². The van der Waals surface area contributed by atoms with Gasteiger partial charge in [-0.3, -0.25) is 0 Å². The Morgan fingerprint density at radius 2 is 2.11 bits per heavy atom. The normalized spacial score (nSPS) is 12.1. The fraction of sp³-hybridized carbons (Fsp3) is 0.308. The lowest BCUT2D eigenvalue weighted by Gasteiger charge is -2.19. The Balaban J connectivity index is 2.08. The molecule has 0 spiro atoms. The summed E-state index contributed by atoms with van der Waals surface area (Å²) in [5.74, 6) is 0.945. The van der Waals surface area contributed by atoms with Gasteiger partial charge in [-0.25, -0.2) is 4.79 Å². The lowest BCUT2D eigenvalue weighted by atomic mass is 10.2. The minimum absolute atomic E-state index is 0.221. The van der Waals surface area contributed by atoms with Crippen molar-refractivity contribution >= 4 is 6.09 Å². The highest BCUT2D eigenvalue weighted by Gasteiger charge is 2.18. The van der Waals surface area contributed by atoms with Gasteiger partial charge in [0.1, 0.15) is 0 Å². The molecule has 1 atom stereocenters. The van der Waals surface area contributed by atoms with Gasteiger partial charge in [-0.05, 0) is 6.92 Å². The number of hydrogen-bond acceptors (Lipinski definition) is 4. The van der Waals surface area contributed by atoms with E-state index in [0.717, 1.165) is 5.56 Å². The molecule has 1 aromatic heterocycles. The largest absolute Gasteiger partial charge is 0.465 e. The van der Waals surface area contributed by atoms with Crippen LogP contribution in [0.2, 0.25) is 0 Å². The zero-order valence-corrected chi connectivity index (χ0v) is 10.8. The van der Waals surface area contributed by atoms with E-state index in [9.17, 15) is 4.79 Å². The predicted molar refractivity (Wildman–Crippen MR) is 68.7 cm³/mol. The molecule has 1 unspecified atom stereocenters. The third kappa shape index (κ3) is 3.09. The molecular weight excluding hydrogens is 246 g/mol. The van der Waals surface area contributed by atoms with Crippen LogP contribution in [0.15, 0.2) is 34.9 Å². The van der Waals surface area contributed by atoms with E-state index in [0.29, 0.717) is 18.1 Å². The number of likely N-dealkylation sites (N-methyl/N-ethyl adjacent to an activating group) is 1. The Kier molecular flexibility index (Phi) is 3.79. The first-order valence-corrected chi connectivity index (χ1v) is 5.91. The molecule has 0 saturated carbocycles. The molecule has 6 heteroatoms. The van der Waals surface area contributed by atoms with E-state index in [1.165, 1.54) is 11.9 Å². The predicted octanol–water partition coefficient (Wildman–Crippen LogP) is 2.28. The van der Waals surface area contributed by atoms with Crippen LogP contribution in [-0.4, -0.2) is 39.3 Å². The first-order valence-electron chi connectivity index (χ1n) is 5.91. The van der Waals surface area contributed by atoms with Crippen molar-refractivity contribution in [2.24, 2.45) is 0 Å². The lowest BCUT2D eigenvalue weighted by Crippen LogP contribution is -2.35. The Hall–Kier alpha value is -2.37. The first kappa shape index (κ1) is 13.1. The number of nitrogens with zero attached hydrogens (tertiary/aromatic N) is 3. The molecule has 19 heavy (non-hydrogen) atoms. The van der Waals surface area contributed by atoms with Crippen LogP contribution in [0.5, 0.6) is 0 Å². The monoisotopic (exact) mass is 261 g/mol. The van der Waals surface area contributed by atoms with Gasteiger partial charge in [0.25, 0.3) is 0 Å². The van der Waals surface area contributed by atoms with Crippen LogP contribution in [0.3, 0.4) is 0 Å². The third-order valence-electron chi connectivity index (χ3n) is 2.93. The standard InChI is InChI=1S/C13H15N3O3/c1-9(16(2)13(17)18)8-11-14-12(15-19-11)10-6-4-3-5-7-10/h3-7,9H,8H2,1-2H3,(H,17,18). The topological polar surface area (TPSA) is 79.5 Å². The SMILES string of the molecule is CC(Cc1nc(-c2ccccc2)no1)N(C)C(=O)O. The number of benzene rings is 1. The minimum Gasteiger partial charge on any atom is -0.465 e. The zero-order valence-electron chi connectivity index (χ0n) is 10.8. The maximum atomic E-state index is 10.8. The number of amides is 1. The van der Waals surface area contributed by atoms with Crippen molar-refractivity contribution in [2.45, 2.75) is 19.4 Å². The molecule has 0 fully saturated rings. The first-order chi connectivity index (χ1) is 9.08. The van der Waals surface area contributed by atoms with Crippen LogP contribution in [0.1, 0.15) is 12.8 Å². The highest BCUT2D eigenvalue weighted by Crippen LogP contribution is 2.16. The fourth-order valence-electron chi connectivity index (χ4n) is 1.62. The molecule has 1 amide bonds. The second-order valence-corrected chi connectivity index (χ2v) is 4.32. The van der Waals surface area contributed by atoms with Gasteiger partial charge in [0.15, 0.2) is 0 Å². The van der Waals surface area contributed by atoms with E-state index in [1.54, 1.807) is 6.92 Å². The molecule has 1 N–H and O–H groups in total. The summed E-state index contributed by atoms with van der Waals surface area (Å²) in [6.07, 6.45) is -0.585. The lowest BCUT2D eigenvalue weighted by molar-refractivity contribution is 0.139. The van der Waals surface area contributed by atoms with Gasteiger partial charge in [0.05, 0.1) is 0 Å². The molecule has 2 rings (SSSR count). The van der Waals surface area contributed by atoms with Crippen molar-refractivity contribution in [2.75, 3.05) is 7.05 Å². The van der Waals surface area contributed by atoms with Crippen molar-refractivity contribution in [1.29, 1.82) is 0 Å². The molecule has 2 aromatic rings. The molecule has 1 heterocycles. The van der Waals surface area contributed by atoms with Gasteiger partial charge < -0.3 is 14.5 Å². The molecule has 0 radical (unpaired) electrons. The Morgan fingerprint density at radius 3 is 2.74 bits per heavy atom. The Labute approximate surface area is 110 Å². The Morgan fingerprint density at radius 1 is 1.42 bits per heavy atom. The number of aromatic nitrogens is 2. The van der Waals surface area contributed by atoms with Gasteiger partial charge in [-0.15, -0.1) is 0 Å². The summed E-state index contributed by atoms with van der Waals surface area (Å²) in [6, 6.07) is 9.26. The van der Waals surface area contributed by atoms with E-state index in [-0.39, 0.29) is 6.04 Å². The molecule has 1 aromatic carbocycles. The van der Waals surface area contributed by atoms with Crippen molar-refractivity contribution in [3.8, 4) is 11.4 Å². The fourth-order valence-corrected chi connectivity index (χ4v) is 1.62. The minimum atomic E-state index is -0.977. The number of carbonyl (C=O) groups is 1. The third-order valence-corrected chi connectivity index (χ3v) is 2.93. The second-order valence-electron chi connectivity index (χ2n) is 4.32. The summed E-state index contributed by atoms with van der Waals surface area (Å²) < 4.78 is 5.14. The van der Waals surface area contributed by atoms with E-state index in [2.05, 4.69) is 10.1 Å². The number of rotatable bonds is 4. The molecule has 0 aliphatic carbocycles. The van der Waals surface area contributed by atoms with Crippen LogP contribution in [-0.2, 0) is 6.42 Å². The van der Waals surface area contributed by atoms with Crippen LogP contribution < -0.4 is 0 Å². The molecule has 0 saturated heterocycles. The molecule has 0 bridgehead atoms. The maximum Gasteiger partial charge on any atom is 0.407 e. The van der Waals surface area contributed by atoms with Crippen molar-refractivity contribution in [3.05, 3.63) is 36.2 Å². The second kappa shape index (κ2) is 5.51. The average Bonchev–Trinajstić information content (AvgIpc) is 2.87. The Bertz CT molecular complexity index is 553. The molecule has 100 valence electrons. The summed E-state index contributed by atoms with van der Waals surface area (Å²) in [5, 5.41) is 12.8. The average molecular weight is 261 g/mol. The maximum absolute atomic E-state index is 10.8. The molecular formula is C13H15N3O3. The van der Waals surface area contributed by atoms with Crippen molar-refractivity contribution in [3.63, 3.8) is 0 Å². The molecule has 0 aliphatic heterocycles. The van der Waals surface area contributed by atoms with Gasteiger partial charge in [-0.1, -0.05) is 35.5 Å². The highest BCUT2D eigenvalue weighted by atomic mass is 16.5. The smallest absolute Gasteiger partial charge is 0.407 e. The molecule has 0 aliphatic rings. The van der Waals surface area contributed by atoms with Gasteiger partial charge in [0.2, 0.25) is 11.7 Å². The van der Waals surface area contributed by atoms with Gasteiger partial charge in [-0.2, -0.15) is 4.98 Å². The summed E-state index contributed by atoms with van der Waals surface area (Å²) in [7, 11) is 1.52. The van der Waals surface area contributed by atoms with E-state index in [1.807, 2.05) is 30.3 Å². The molecule has 6 nitrogen and oxygen atoms in total. The van der Waals surface area contributed by atoms with E-state index >= 15 is 0 Å². The van der Waals surface area contributed by atoms with Crippen molar-refractivity contribution < 1.29 is 14.4 Å². The summed E-state index contributed by atoms with van der Waals surface area (Å²) >= 11 is 0. The number of hydrogen-bond donors (Lipinski definition) is 1. The highest BCUT2D eigenvalue weighted by molar-refractivity contribution is 5.64. The summed E-state index contributed by atoms with van der Waals surface area (Å²) in [6.45, 7) is 1.79. The van der Waals surface area contributed by atoms with Gasteiger partial charge >= 0.3 is 6.09 Å².